The summed E-state index contributed by atoms with van der Waals surface area (Å²) in [4.78, 5) is 3.93. The lowest BCUT2D eigenvalue weighted by atomic mass is 10.0. The molecule has 0 atom stereocenters. The quantitative estimate of drug-likeness (QED) is 0.178. The zero-order valence-electron chi connectivity index (χ0n) is 25.2. The summed E-state index contributed by atoms with van der Waals surface area (Å²) in [6.07, 6.45) is 0. The standard InChI is InChI=1S/C44H26S3/c1-3-9-36-27(6-1)14-22-34-25-40(46-43(34)36)30-16-12-29(13-17-30)38-11-5-8-33-24-39(45-42(33)38)31-18-20-32(21-19-31)41-26-35-23-15-28-7-2-4-10-37(28)44(35)47-41/h1-26H. The van der Waals surface area contributed by atoms with Crippen LogP contribution < -0.4 is 0 Å². The molecule has 0 bridgehead atoms. The molecule has 0 aliphatic heterocycles. The zero-order valence-corrected chi connectivity index (χ0v) is 27.7. The first kappa shape index (κ1) is 27.1. The van der Waals surface area contributed by atoms with Gasteiger partial charge in [0, 0.05) is 28.7 Å². The molecule has 0 N–H and O–H groups in total. The molecule has 3 heterocycles. The Morgan fingerprint density at radius 2 is 0.660 bits per heavy atom. The minimum Gasteiger partial charge on any atom is -0.135 e. The van der Waals surface area contributed by atoms with Gasteiger partial charge >= 0.3 is 0 Å². The highest BCUT2D eigenvalue weighted by atomic mass is 32.1. The van der Waals surface area contributed by atoms with E-state index in [-0.39, 0.29) is 0 Å². The Morgan fingerprint density at radius 1 is 0.277 bits per heavy atom. The summed E-state index contributed by atoms with van der Waals surface area (Å²) in [5.74, 6) is 0. The van der Waals surface area contributed by atoms with Crippen LogP contribution in [0.25, 0.3) is 94.3 Å². The van der Waals surface area contributed by atoms with Gasteiger partial charge in [0.2, 0.25) is 0 Å². The van der Waals surface area contributed by atoms with Gasteiger partial charge in [0.15, 0.2) is 0 Å². The van der Waals surface area contributed by atoms with Gasteiger partial charge in [-0.15, -0.1) is 34.0 Å². The summed E-state index contributed by atoms with van der Waals surface area (Å²) >= 11 is 5.67. The monoisotopic (exact) mass is 650 g/mol. The highest BCUT2D eigenvalue weighted by Gasteiger charge is 2.13. The van der Waals surface area contributed by atoms with Gasteiger partial charge in [0.1, 0.15) is 0 Å². The van der Waals surface area contributed by atoms with Crippen molar-refractivity contribution in [3.8, 4) is 42.4 Å². The van der Waals surface area contributed by atoms with Crippen molar-refractivity contribution in [2.45, 2.75) is 0 Å². The van der Waals surface area contributed by atoms with Crippen molar-refractivity contribution >= 4 is 85.8 Å². The summed E-state index contributed by atoms with van der Waals surface area (Å²) in [5.41, 5.74) is 6.35. The summed E-state index contributed by atoms with van der Waals surface area (Å²) < 4.78 is 4.07. The second kappa shape index (κ2) is 10.8. The molecule has 0 fully saturated rings. The third-order valence-corrected chi connectivity index (χ3v) is 13.0. The van der Waals surface area contributed by atoms with E-state index in [9.17, 15) is 0 Å². The van der Waals surface area contributed by atoms with Gasteiger partial charge in [-0.3, -0.25) is 0 Å². The first-order valence-electron chi connectivity index (χ1n) is 15.8. The molecule has 0 saturated heterocycles. The normalized spacial score (nSPS) is 11.8. The van der Waals surface area contributed by atoms with Gasteiger partial charge in [0.05, 0.1) is 0 Å². The maximum absolute atomic E-state index is 2.35. The number of hydrogen-bond donors (Lipinski definition) is 0. The lowest BCUT2D eigenvalue weighted by Gasteiger charge is -2.05. The van der Waals surface area contributed by atoms with E-state index in [0.717, 1.165) is 0 Å². The molecule has 0 aliphatic rings. The van der Waals surface area contributed by atoms with Crippen LogP contribution in [0.4, 0.5) is 0 Å². The minimum atomic E-state index is 1.26. The van der Waals surface area contributed by atoms with Crippen molar-refractivity contribution < 1.29 is 0 Å². The van der Waals surface area contributed by atoms with Crippen molar-refractivity contribution in [2.75, 3.05) is 0 Å². The van der Waals surface area contributed by atoms with E-state index < -0.39 is 0 Å². The van der Waals surface area contributed by atoms with Gasteiger partial charge in [-0.2, -0.15) is 0 Å². The number of thiophene rings is 3. The van der Waals surface area contributed by atoms with Crippen molar-refractivity contribution in [1.82, 2.24) is 0 Å². The molecular weight excluding hydrogens is 625 g/mol. The molecule has 3 aromatic heterocycles. The molecule has 10 rings (SSSR count). The summed E-state index contributed by atoms with van der Waals surface area (Å²) in [6.45, 7) is 0. The summed E-state index contributed by atoms with van der Waals surface area (Å²) in [6, 6.07) is 58.3. The van der Waals surface area contributed by atoms with Gasteiger partial charge in [0.25, 0.3) is 0 Å². The molecular formula is C44H26S3. The first-order chi connectivity index (χ1) is 23.2. The molecule has 7 aromatic carbocycles. The van der Waals surface area contributed by atoms with Crippen LogP contribution in [-0.2, 0) is 0 Å². The largest absolute Gasteiger partial charge is 0.135 e. The Hall–Kier alpha value is -5.06. The SMILES string of the molecule is c1cc(-c2ccc(-c3cc4ccc5ccccc5c4s3)cc2)c2sc(-c3ccc(-c4cc5ccc6ccccc6c5s4)cc3)cc2c1. The fourth-order valence-electron chi connectivity index (χ4n) is 6.87. The molecule has 0 saturated carbocycles. The van der Waals surface area contributed by atoms with Crippen LogP contribution in [0.15, 0.2) is 158 Å². The number of hydrogen-bond acceptors (Lipinski definition) is 3. The van der Waals surface area contributed by atoms with Crippen LogP contribution in [0, 0.1) is 0 Å². The lowest BCUT2D eigenvalue weighted by molar-refractivity contribution is 1.66. The third-order valence-electron chi connectivity index (χ3n) is 9.30. The van der Waals surface area contributed by atoms with E-state index in [4.69, 9.17) is 0 Å². The first-order valence-corrected chi connectivity index (χ1v) is 18.3. The van der Waals surface area contributed by atoms with E-state index in [1.54, 1.807) is 0 Å². The summed E-state index contributed by atoms with van der Waals surface area (Å²) in [7, 11) is 0. The Balaban J connectivity index is 0.962. The molecule has 0 amide bonds. The highest BCUT2D eigenvalue weighted by Crippen LogP contribution is 2.43. The maximum Gasteiger partial charge on any atom is 0.0427 e. The second-order valence-electron chi connectivity index (χ2n) is 12.1. The molecule has 0 unspecified atom stereocenters. The van der Waals surface area contributed by atoms with Crippen LogP contribution in [0.3, 0.4) is 0 Å². The van der Waals surface area contributed by atoms with Crippen LogP contribution in [0.2, 0.25) is 0 Å². The van der Waals surface area contributed by atoms with Crippen LogP contribution >= 0.6 is 34.0 Å². The number of benzene rings is 7. The molecule has 0 spiro atoms. The second-order valence-corrected chi connectivity index (χ2v) is 15.3. The predicted octanol–water partition coefficient (Wildman–Crippen LogP) is 14.3. The van der Waals surface area contributed by atoms with E-state index in [2.05, 4.69) is 158 Å². The molecule has 220 valence electrons. The average Bonchev–Trinajstić information content (AvgIpc) is 3.89. The molecule has 0 aliphatic carbocycles. The molecule has 3 heteroatoms. The van der Waals surface area contributed by atoms with Gasteiger partial charge in [-0.25, -0.2) is 0 Å². The fourth-order valence-corrected chi connectivity index (χ4v) is 10.5. The highest BCUT2D eigenvalue weighted by molar-refractivity contribution is 7.24. The topological polar surface area (TPSA) is 0 Å². The van der Waals surface area contributed by atoms with Crippen LogP contribution in [0.1, 0.15) is 0 Å². The number of fused-ring (bicyclic) bond motifs is 7. The van der Waals surface area contributed by atoms with Crippen molar-refractivity contribution in [1.29, 1.82) is 0 Å². The maximum atomic E-state index is 2.35. The van der Waals surface area contributed by atoms with Gasteiger partial charge < -0.3 is 0 Å². The minimum absolute atomic E-state index is 1.26. The van der Waals surface area contributed by atoms with Crippen molar-refractivity contribution in [2.24, 2.45) is 0 Å². The molecule has 0 nitrogen and oxygen atoms in total. The van der Waals surface area contributed by atoms with Gasteiger partial charge in [-0.05, 0) is 83.7 Å². The molecule has 10 aromatic rings. The summed E-state index contributed by atoms with van der Waals surface area (Å²) in [5, 5.41) is 9.19. The van der Waals surface area contributed by atoms with Crippen LogP contribution in [-0.4, -0.2) is 0 Å². The fraction of sp³-hybridized carbons (Fsp3) is 0. The number of rotatable bonds is 4. The Morgan fingerprint density at radius 3 is 1.17 bits per heavy atom. The van der Waals surface area contributed by atoms with Crippen LogP contribution in [0.5, 0.6) is 0 Å². The van der Waals surface area contributed by atoms with E-state index in [1.807, 2.05) is 34.0 Å². The van der Waals surface area contributed by atoms with Crippen molar-refractivity contribution in [3.63, 3.8) is 0 Å². The Kier molecular flexibility index (Phi) is 6.20. The lowest BCUT2D eigenvalue weighted by Crippen LogP contribution is -1.79. The average molecular weight is 651 g/mol. The Labute approximate surface area is 284 Å². The van der Waals surface area contributed by atoms with E-state index >= 15 is 0 Å². The van der Waals surface area contributed by atoms with E-state index in [1.165, 1.54) is 94.3 Å². The smallest absolute Gasteiger partial charge is 0.0427 e. The predicted molar refractivity (Wildman–Crippen MR) is 209 cm³/mol. The van der Waals surface area contributed by atoms with Crippen molar-refractivity contribution in [3.05, 3.63) is 158 Å². The molecule has 0 radical (unpaired) electrons. The van der Waals surface area contributed by atoms with Gasteiger partial charge in [-0.1, -0.05) is 140 Å². The van der Waals surface area contributed by atoms with E-state index in [0.29, 0.717) is 0 Å². The zero-order chi connectivity index (χ0) is 30.9. The molecule has 47 heavy (non-hydrogen) atoms. The third kappa shape index (κ3) is 4.54. The Bertz CT molecular complexity index is 2770.